The number of hydrogen-bond acceptors (Lipinski definition) is 3. The predicted octanol–water partition coefficient (Wildman–Crippen LogP) is 2.48. The number of hydrogen-bond donors (Lipinski definition) is 1. The third kappa shape index (κ3) is 4.33. The lowest BCUT2D eigenvalue weighted by atomic mass is 10.1. The lowest BCUT2D eigenvalue weighted by molar-refractivity contribution is -0.116. The normalized spacial score (nSPS) is 16.2. The Kier molecular flexibility index (Phi) is 4.08. The van der Waals surface area contributed by atoms with E-state index in [0.29, 0.717) is 0 Å². The molecular weight excluding hydrogens is 172 g/mol. The molecule has 0 saturated heterocycles. The van der Waals surface area contributed by atoms with Crippen LogP contribution in [0.2, 0.25) is 0 Å². The number of methoxy groups -OCH3 is 1. The Morgan fingerprint density at radius 3 is 1.75 bits per heavy atom. The first kappa shape index (κ1) is 12.3. The molecule has 0 N–H and O–H groups in total. The van der Waals surface area contributed by atoms with Crippen LogP contribution in [-0.4, -0.2) is 23.7 Å². The van der Waals surface area contributed by atoms with Gasteiger partial charge >= 0.3 is 0 Å². The fourth-order valence-electron chi connectivity index (χ4n) is 0.578. The zero-order chi connectivity index (χ0) is 9.99. The summed E-state index contributed by atoms with van der Waals surface area (Å²) < 4.78 is 10.9. The molecule has 0 aromatic rings. The minimum Gasteiger partial charge on any atom is -0.375 e. The molecule has 3 heteroatoms. The van der Waals surface area contributed by atoms with E-state index in [-0.39, 0.29) is 16.6 Å². The van der Waals surface area contributed by atoms with Gasteiger partial charge in [0.25, 0.3) is 0 Å². The zero-order valence-electron chi connectivity index (χ0n) is 8.84. The maximum absolute atomic E-state index is 5.63. The Balaban J connectivity index is 4.13. The number of rotatable bonds is 3. The van der Waals surface area contributed by atoms with Gasteiger partial charge < -0.3 is 9.47 Å². The van der Waals surface area contributed by atoms with Crippen LogP contribution in [-0.2, 0) is 9.47 Å². The fourth-order valence-corrected chi connectivity index (χ4v) is 0.999. The SMILES string of the molecule is COC(C)(C)C(S)OC(C)(C)C. The van der Waals surface area contributed by atoms with Crippen LogP contribution in [0.1, 0.15) is 34.6 Å². The lowest BCUT2D eigenvalue weighted by Crippen LogP contribution is -2.40. The first-order valence-corrected chi connectivity index (χ1v) is 4.62. The summed E-state index contributed by atoms with van der Waals surface area (Å²) in [7, 11) is 1.66. The average molecular weight is 192 g/mol. The Labute approximate surface area is 81.0 Å². The molecule has 0 aliphatic rings. The Bertz CT molecular complexity index is 138. The van der Waals surface area contributed by atoms with Crippen LogP contribution in [0.3, 0.4) is 0 Å². The summed E-state index contributed by atoms with van der Waals surface area (Å²) in [5.41, 5.74) is -0.735. The van der Waals surface area contributed by atoms with Crippen molar-refractivity contribution in [3.63, 3.8) is 0 Å². The summed E-state index contributed by atoms with van der Waals surface area (Å²) in [5, 5.41) is 0. The van der Waals surface area contributed by atoms with Crippen molar-refractivity contribution in [1.82, 2.24) is 0 Å². The Morgan fingerprint density at radius 1 is 1.08 bits per heavy atom. The molecule has 0 aromatic carbocycles. The molecule has 0 radical (unpaired) electrons. The minimum absolute atomic E-state index is 0.178. The van der Waals surface area contributed by atoms with Crippen molar-refractivity contribution >= 4 is 12.6 Å². The van der Waals surface area contributed by atoms with Gasteiger partial charge in [0.05, 0.1) is 11.2 Å². The summed E-state index contributed by atoms with van der Waals surface area (Å²) in [6.07, 6.45) is 0. The van der Waals surface area contributed by atoms with Crippen LogP contribution < -0.4 is 0 Å². The van der Waals surface area contributed by atoms with Gasteiger partial charge in [-0.1, -0.05) is 0 Å². The third-order valence-electron chi connectivity index (χ3n) is 1.59. The van der Waals surface area contributed by atoms with Crippen molar-refractivity contribution in [1.29, 1.82) is 0 Å². The van der Waals surface area contributed by atoms with Crippen LogP contribution >= 0.6 is 12.6 Å². The minimum atomic E-state index is -0.351. The maximum Gasteiger partial charge on any atom is 0.129 e. The molecule has 0 aliphatic carbocycles. The Hall–Kier alpha value is 0.270. The quantitative estimate of drug-likeness (QED) is 0.547. The van der Waals surface area contributed by atoms with Crippen LogP contribution in [0, 0.1) is 0 Å². The molecule has 2 nitrogen and oxygen atoms in total. The Morgan fingerprint density at radius 2 is 1.50 bits per heavy atom. The van der Waals surface area contributed by atoms with Gasteiger partial charge in [0, 0.05) is 7.11 Å². The van der Waals surface area contributed by atoms with E-state index in [1.165, 1.54) is 0 Å². The van der Waals surface area contributed by atoms with E-state index < -0.39 is 0 Å². The molecule has 0 heterocycles. The summed E-state index contributed by atoms with van der Waals surface area (Å²) in [6, 6.07) is 0. The van der Waals surface area contributed by atoms with E-state index >= 15 is 0 Å². The highest BCUT2D eigenvalue weighted by atomic mass is 32.1. The van der Waals surface area contributed by atoms with Gasteiger partial charge in [0.2, 0.25) is 0 Å². The van der Waals surface area contributed by atoms with E-state index in [0.717, 1.165) is 0 Å². The van der Waals surface area contributed by atoms with Crippen LogP contribution in [0.5, 0.6) is 0 Å². The summed E-state index contributed by atoms with van der Waals surface area (Å²) in [4.78, 5) is 0. The average Bonchev–Trinajstić information content (AvgIpc) is 1.84. The molecule has 12 heavy (non-hydrogen) atoms. The van der Waals surface area contributed by atoms with Gasteiger partial charge in [-0.15, -0.1) is 12.6 Å². The van der Waals surface area contributed by atoms with Crippen molar-refractivity contribution < 1.29 is 9.47 Å². The monoisotopic (exact) mass is 192 g/mol. The molecule has 0 spiro atoms. The second kappa shape index (κ2) is 3.99. The summed E-state index contributed by atoms with van der Waals surface area (Å²) in [5.74, 6) is 0. The topological polar surface area (TPSA) is 18.5 Å². The predicted molar refractivity (Wildman–Crippen MR) is 54.7 cm³/mol. The molecule has 0 bridgehead atoms. The van der Waals surface area contributed by atoms with Gasteiger partial charge in [-0.2, -0.15) is 0 Å². The second-order valence-electron chi connectivity index (χ2n) is 4.39. The van der Waals surface area contributed by atoms with E-state index in [1.54, 1.807) is 7.11 Å². The number of thiol groups is 1. The molecule has 1 atom stereocenters. The van der Waals surface area contributed by atoms with E-state index in [4.69, 9.17) is 9.47 Å². The molecule has 1 unspecified atom stereocenters. The molecular formula is C9H20O2S. The highest BCUT2D eigenvalue weighted by molar-refractivity contribution is 7.80. The van der Waals surface area contributed by atoms with E-state index in [9.17, 15) is 0 Å². The fraction of sp³-hybridized carbons (Fsp3) is 1.00. The van der Waals surface area contributed by atoms with Gasteiger partial charge in [0.15, 0.2) is 0 Å². The summed E-state index contributed by atoms with van der Waals surface area (Å²) in [6.45, 7) is 9.92. The first-order valence-electron chi connectivity index (χ1n) is 4.10. The molecule has 0 aliphatic heterocycles. The second-order valence-corrected chi connectivity index (χ2v) is 4.86. The zero-order valence-corrected chi connectivity index (χ0v) is 9.74. The van der Waals surface area contributed by atoms with Gasteiger partial charge in [-0.05, 0) is 34.6 Å². The van der Waals surface area contributed by atoms with Gasteiger partial charge in [0.1, 0.15) is 5.44 Å². The highest BCUT2D eigenvalue weighted by Gasteiger charge is 2.30. The molecule has 0 amide bonds. The van der Waals surface area contributed by atoms with Gasteiger partial charge in [-0.25, -0.2) is 0 Å². The maximum atomic E-state index is 5.63. The van der Waals surface area contributed by atoms with Crippen LogP contribution in [0.25, 0.3) is 0 Å². The smallest absolute Gasteiger partial charge is 0.129 e. The molecule has 74 valence electrons. The van der Waals surface area contributed by atoms with Crippen molar-refractivity contribution in [2.24, 2.45) is 0 Å². The van der Waals surface area contributed by atoms with E-state index in [2.05, 4.69) is 12.6 Å². The standard InChI is InChI=1S/C9H20O2S/c1-8(2,3)11-7(12)9(4,5)10-6/h7,12H,1-6H3. The lowest BCUT2D eigenvalue weighted by Gasteiger charge is -2.34. The third-order valence-corrected chi connectivity index (χ3v) is 2.31. The number of ether oxygens (including phenoxy) is 2. The molecule has 0 fully saturated rings. The van der Waals surface area contributed by atoms with E-state index in [1.807, 2.05) is 34.6 Å². The van der Waals surface area contributed by atoms with Crippen molar-refractivity contribution in [3.8, 4) is 0 Å². The van der Waals surface area contributed by atoms with Gasteiger partial charge in [-0.3, -0.25) is 0 Å². The first-order chi connectivity index (χ1) is 5.19. The summed E-state index contributed by atoms with van der Waals surface area (Å²) >= 11 is 4.34. The highest BCUT2D eigenvalue weighted by Crippen LogP contribution is 2.24. The van der Waals surface area contributed by atoms with Crippen molar-refractivity contribution in [2.75, 3.05) is 7.11 Å². The van der Waals surface area contributed by atoms with Crippen molar-refractivity contribution in [3.05, 3.63) is 0 Å². The largest absolute Gasteiger partial charge is 0.375 e. The molecule has 0 saturated carbocycles. The van der Waals surface area contributed by atoms with Crippen molar-refractivity contribution in [2.45, 2.75) is 51.3 Å². The molecule has 0 rings (SSSR count). The van der Waals surface area contributed by atoms with Crippen LogP contribution in [0.15, 0.2) is 0 Å². The molecule has 0 aromatic heterocycles. The van der Waals surface area contributed by atoms with Crippen LogP contribution in [0.4, 0.5) is 0 Å².